The van der Waals surface area contributed by atoms with E-state index in [0.717, 1.165) is 32.1 Å². The van der Waals surface area contributed by atoms with E-state index in [4.69, 9.17) is 23.4 Å². The lowest BCUT2D eigenvalue weighted by molar-refractivity contribution is -0.377. The van der Waals surface area contributed by atoms with Crippen LogP contribution in [0.3, 0.4) is 0 Å². The molecule has 12 nitrogen and oxygen atoms in total. The predicted molar refractivity (Wildman–Crippen MR) is 155 cm³/mol. The van der Waals surface area contributed by atoms with Gasteiger partial charge in [-0.05, 0) is 73.8 Å². The summed E-state index contributed by atoms with van der Waals surface area (Å²) >= 11 is 0. The maximum Gasteiger partial charge on any atom is 0.187 e. The van der Waals surface area contributed by atoms with E-state index in [1.807, 2.05) is 6.07 Å². The van der Waals surface area contributed by atoms with E-state index < -0.39 is 74.6 Å². The summed E-state index contributed by atoms with van der Waals surface area (Å²) in [4.78, 5) is 0. The van der Waals surface area contributed by atoms with Gasteiger partial charge in [-0.2, -0.15) is 0 Å². The lowest BCUT2D eigenvalue weighted by Gasteiger charge is -2.58. The minimum atomic E-state index is -1.72. The highest BCUT2D eigenvalue weighted by atomic mass is 16.8. The Bertz CT molecular complexity index is 1120. The number of aliphatic hydroxyl groups is 7. The second kappa shape index (κ2) is 13.4. The van der Waals surface area contributed by atoms with Gasteiger partial charge in [0.05, 0.1) is 31.8 Å². The van der Waals surface area contributed by atoms with Crippen LogP contribution in [-0.4, -0.2) is 116 Å². The number of rotatable bonds is 9. The molecule has 250 valence electrons. The molecule has 0 spiro atoms. The SMILES string of the molecule is CC1=C(CCc2ccoc2)[C@@]2(C)CC[C@H](O[C@@H]3O[C@H](CO)[C@@H](O)[C@H](O)[C@H]3O[C@@H]3O[C@H](CO)[C@@H](O)[C@H](O)[C@H]3O)C(C)(C)C2CC1. The molecule has 0 bridgehead atoms. The summed E-state index contributed by atoms with van der Waals surface area (Å²) in [5, 5.41) is 72.3. The second-order valence-electron chi connectivity index (χ2n) is 13.9. The van der Waals surface area contributed by atoms with Crippen molar-refractivity contribution in [2.45, 2.75) is 134 Å². The van der Waals surface area contributed by atoms with Crippen LogP contribution < -0.4 is 0 Å². The molecule has 0 aromatic carbocycles. The van der Waals surface area contributed by atoms with Crippen LogP contribution in [0.15, 0.2) is 34.2 Å². The summed E-state index contributed by atoms with van der Waals surface area (Å²) in [6.07, 6.45) is -6.26. The Morgan fingerprint density at radius 3 is 2.11 bits per heavy atom. The Kier molecular flexibility index (Phi) is 10.3. The number of fused-ring (bicyclic) bond motifs is 1. The lowest BCUT2D eigenvalue weighted by Crippen LogP contribution is -2.65. The lowest BCUT2D eigenvalue weighted by atomic mass is 9.49. The minimum absolute atomic E-state index is 0.0432. The summed E-state index contributed by atoms with van der Waals surface area (Å²) in [6, 6.07) is 2.00. The van der Waals surface area contributed by atoms with Crippen molar-refractivity contribution in [2.75, 3.05) is 13.2 Å². The topological polar surface area (TPSA) is 192 Å². The van der Waals surface area contributed by atoms with E-state index in [0.29, 0.717) is 6.42 Å². The van der Waals surface area contributed by atoms with Crippen LogP contribution in [0.5, 0.6) is 0 Å². The highest BCUT2D eigenvalue weighted by Gasteiger charge is 2.57. The molecule has 0 radical (unpaired) electrons. The van der Waals surface area contributed by atoms with Crippen molar-refractivity contribution in [3.63, 3.8) is 0 Å². The molecular formula is C32H50O12. The Labute approximate surface area is 258 Å². The largest absolute Gasteiger partial charge is 0.472 e. The fourth-order valence-corrected chi connectivity index (χ4v) is 8.33. The van der Waals surface area contributed by atoms with E-state index in [1.54, 1.807) is 12.5 Å². The van der Waals surface area contributed by atoms with E-state index in [2.05, 4.69) is 27.7 Å². The first-order valence-corrected chi connectivity index (χ1v) is 15.8. The van der Waals surface area contributed by atoms with Gasteiger partial charge in [0, 0.05) is 0 Å². The second-order valence-corrected chi connectivity index (χ2v) is 13.9. The zero-order valence-electron chi connectivity index (χ0n) is 26.0. The third kappa shape index (κ3) is 6.16. The number of hydrogen-bond donors (Lipinski definition) is 7. The van der Waals surface area contributed by atoms with Gasteiger partial charge in [-0.1, -0.05) is 31.9 Å². The van der Waals surface area contributed by atoms with Crippen molar-refractivity contribution in [3.8, 4) is 0 Å². The van der Waals surface area contributed by atoms with Gasteiger partial charge in [0.25, 0.3) is 0 Å². The van der Waals surface area contributed by atoms with Crippen molar-refractivity contribution < 1.29 is 59.1 Å². The van der Waals surface area contributed by atoms with Crippen LogP contribution in [0.4, 0.5) is 0 Å². The quantitative estimate of drug-likeness (QED) is 0.191. The molecule has 1 aromatic rings. The molecule has 1 unspecified atom stereocenters. The first kappa shape index (κ1) is 33.9. The van der Waals surface area contributed by atoms with Gasteiger partial charge in [-0.15, -0.1) is 0 Å². The molecule has 13 atom stereocenters. The highest BCUT2D eigenvalue weighted by molar-refractivity contribution is 5.29. The number of aryl methyl sites for hydroxylation is 1. The summed E-state index contributed by atoms with van der Waals surface area (Å²) in [5.41, 5.74) is 3.71. The third-order valence-electron chi connectivity index (χ3n) is 10.9. The molecule has 2 aliphatic heterocycles. The standard InChI is InChI=1S/C32H50O12/c1-16-5-8-21-31(2,3)22(9-11-32(21,4)18(16)7-6-17-10-12-40-15-17)43-30-28(26(38)24(36)20(14-34)42-30)44-29-27(39)25(37)23(35)19(13-33)41-29/h10,12,15,19-30,33-39H,5-9,11,13-14H2,1-4H3/t19-,20-,21?,22+,23-,24-,25+,26+,27-,28-,29+,30+,32-/m1/s1. The Balaban J connectivity index is 1.36. The highest BCUT2D eigenvalue weighted by Crippen LogP contribution is 2.61. The van der Waals surface area contributed by atoms with Gasteiger partial charge < -0.3 is 59.1 Å². The van der Waals surface area contributed by atoms with Crippen LogP contribution in [0.1, 0.15) is 65.4 Å². The minimum Gasteiger partial charge on any atom is -0.472 e. The summed E-state index contributed by atoms with van der Waals surface area (Å²) in [7, 11) is 0. The van der Waals surface area contributed by atoms with Gasteiger partial charge in [-0.3, -0.25) is 0 Å². The van der Waals surface area contributed by atoms with E-state index in [1.165, 1.54) is 16.7 Å². The molecule has 2 aliphatic carbocycles. The zero-order valence-corrected chi connectivity index (χ0v) is 26.0. The third-order valence-corrected chi connectivity index (χ3v) is 10.9. The molecule has 3 heterocycles. The van der Waals surface area contributed by atoms with Crippen molar-refractivity contribution >= 4 is 0 Å². The maximum absolute atomic E-state index is 11.1. The molecule has 44 heavy (non-hydrogen) atoms. The van der Waals surface area contributed by atoms with Crippen LogP contribution >= 0.6 is 0 Å². The fourth-order valence-electron chi connectivity index (χ4n) is 8.33. The smallest absolute Gasteiger partial charge is 0.187 e. The van der Waals surface area contributed by atoms with Crippen molar-refractivity contribution in [1.29, 1.82) is 0 Å². The zero-order chi connectivity index (χ0) is 32.0. The van der Waals surface area contributed by atoms with E-state index in [-0.39, 0.29) is 22.9 Å². The summed E-state index contributed by atoms with van der Waals surface area (Å²) < 4.78 is 29.3. The summed E-state index contributed by atoms with van der Waals surface area (Å²) in [5.74, 6) is 0.273. The van der Waals surface area contributed by atoms with E-state index in [9.17, 15) is 35.7 Å². The molecule has 2 saturated heterocycles. The van der Waals surface area contributed by atoms with Gasteiger partial charge in [0.1, 0.15) is 48.8 Å². The first-order chi connectivity index (χ1) is 20.8. The molecule has 1 aromatic heterocycles. The van der Waals surface area contributed by atoms with Crippen LogP contribution in [0, 0.1) is 16.7 Å². The molecule has 7 N–H and O–H groups in total. The molecule has 4 aliphatic rings. The normalized spacial score (nSPS) is 44.4. The van der Waals surface area contributed by atoms with Gasteiger partial charge in [0.2, 0.25) is 0 Å². The number of furan rings is 1. The van der Waals surface area contributed by atoms with E-state index >= 15 is 0 Å². The predicted octanol–water partition coefficient (Wildman–Crippen LogP) is 0.774. The van der Waals surface area contributed by atoms with Gasteiger partial charge in [-0.25, -0.2) is 0 Å². The number of ether oxygens (including phenoxy) is 4. The molecule has 12 heteroatoms. The Morgan fingerprint density at radius 1 is 0.818 bits per heavy atom. The van der Waals surface area contributed by atoms with Crippen LogP contribution in [-0.2, 0) is 25.4 Å². The van der Waals surface area contributed by atoms with Gasteiger partial charge >= 0.3 is 0 Å². The van der Waals surface area contributed by atoms with Crippen molar-refractivity contribution in [1.82, 2.24) is 0 Å². The number of aliphatic hydroxyl groups excluding tert-OH is 7. The number of hydrogen-bond acceptors (Lipinski definition) is 12. The molecule has 5 rings (SSSR count). The number of allylic oxidation sites excluding steroid dienone is 2. The van der Waals surface area contributed by atoms with Crippen LogP contribution in [0.25, 0.3) is 0 Å². The molecule has 3 fully saturated rings. The van der Waals surface area contributed by atoms with Gasteiger partial charge in [0.15, 0.2) is 12.6 Å². The maximum atomic E-state index is 11.1. The average molecular weight is 627 g/mol. The molecular weight excluding hydrogens is 576 g/mol. The fraction of sp³-hybridized carbons (Fsp3) is 0.812. The monoisotopic (exact) mass is 626 g/mol. The molecule has 1 saturated carbocycles. The molecule has 0 amide bonds. The Morgan fingerprint density at radius 2 is 1.48 bits per heavy atom. The Hall–Kier alpha value is -1.42. The van der Waals surface area contributed by atoms with Crippen LogP contribution in [0.2, 0.25) is 0 Å². The first-order valence-electron chi connectivity index (χ1n) is 15.8. The van der Waals surface area contributed by atoms with Crippen molar-refractivity contribution in [3.05, 3.63) is 35.3 Å². The summed E-state index contributed by atoms with van der Waals surface area (Å²) in [6.45, 7) is 7.72. The van der Waals surface area contributed by atoms with Crippen molar-refractivity contribution in [2.24, 2.45) is 16.7 Å². The average Bonchev–Trinajstić information content (AvgIpc) is 3.51.